The summed E-state index contributed by atoms with van der Waals surface area (Å²) in [5, 5.41) is 12.3. The maximum atomic E-state index is 11.4. The van der Waals surface area contributed by atoms with Crippen molar-refractivity contribution in [3.05, 3.63) is 10.4 Å². The second-order valence-electron chi connectivity index (χ2n) is 2.33. The van der Waals surface area contributed by atoms with E-state index in [1.165, 1.54) is 13.8 Å². The molecule has 8 heteroatoms. The van der Waals surface area contributed by atoms with Crippen molar-refractivity contribution in [1.82, 2.24) is 0 Å². The fourth-order valence-corrected chi connectivity index (χ4v) is 0.725. The molecule has 0 radical (unpaired) electrons. The van der Waals surface area contributed by atoms with Crippen LogP contribution in [0.15, 0.2) is 5.11 Å². The first-order chi connectivity index (χ1) is 8.27. The summed E-state index contributed by atoms with van der Waals surface area (Å²) in [5.41, 5.74) is 8.28. The molecule has 0 aromatic heterocycles. The summed E-state index contributed by atoms with van der Waals surface area (Å²) in [7, 11) is 0. The van der Waals surface area contributed by atoms with Crippen LogP contribution in [0.3, 0.4) is 0 Å². The topological polar surface area (TPSA) is 122 Å². The van der Waals surface area contributed by atoms with Crippen molar-refractivity contribution < 1.29 is 26.9 Å². The van der Waals surface area contributed by atoms with Gasteiger partial charge in [-0.1, -0.05) is 5.11 Å². The van der Waals surface area contributed by atoms with E-state index in [-0.39, 0.29) is 13.2 Å². The minimum Gasteiger partial charge on any atom is -0.466 e. The van der Waals surface area contributed by atoms with Crippen molar-refractivity contribution in [3.8, 4) is 0 Å². The lowest BCUT2D eigenvalue weighted by atomic mass is 10.2. The summed E-state index contributed by atoms with van der Waals surface area (Å²) in [6.07, 6.45) is -3.40. The third kappa shape index (κ3) is 4.16. The maximum absolute atomic E-state index is 11.4. The molecule has 8 nitrogen and oxygen atoms in total. The van der Waals surface area contributed by atoms with Gasteiger partial charge in [-0.3, -0.25) is 4.79 Å². The summed E-state index contributed by atoms with van der Waals surface area (Å²) in [6, 6.07) is -3.18. The van der Waals surface area contributed by atoms with E-state index >= 15 is 0 Å². The molecule has 0 aromatic rings. The molecule has 0 fully saturated rings. The number of ether oxygens (including phenoxy) is 2. The molecule has 0 unspecified atom stereocenters. The first-order valence-electron chi connectivity index (χ1n) is 5.41. The lowest BCUT2D eigenvalue weighted by Gasteiger charge is -2.15. The van der Waals surface area contributed by atoms with Gasteiger partial charge in [-0.25, -0.2) is 4.79 Å². The highest BCUT2D eigenvalue weighted by molar-refractivity contribution is 5.86. The van der Waals surface area contributed by atoms with Gasteiger partial charge in [0, 0.05) is 4.91 Å². The largest absolute Gasteiger partial charge is 0.466 e. The molecule has 0 aromatic carbocycles. The zero-order chi connectivity index (χ0) is 14.4. The molecular weight excluding hydrogens is 218 g/mol. The molecule has 0 heterocycles. The second kappa shape index (κ2) is 7.49. The number of carbonyl (C=O) groups excluding carboxylic acids is 2. The van der Waals surface area contributed by atoms with Crippen molar-refractivity contribution in [2.24, 2.45) is 5.11 Å². The molecule has 0 amide bonds. The van der Waals surface area contributed by atoms with Crippen LogP contribution < -0.4 is 0 Å². The first kappa shape index (κ1) is 10.7. The highest BCUT2D eigenvalue weighted by Crippen LogP contribution is 2.05. The third-order valence-corrected chi connectivity index (χ3v) is 1.31. The van der Waals surface area contributed by atoms with Crippen LogP contribution in [0.5, 0.6) is 0 Å². The molecule has 0 aliphatic carbocycles. The Morgan fingerprint density at radius 3 is 2.38 bits per heavy atom. The fourth-order valence-electron chi connectivity index (χ4n) is 0.725. The van der Waals surface area contributed by atoms with Gasteiger partial charge in [0.2, 0.25) is 0 Å². The Kier molecular flexibility index (Phi) is 5.02. The van der Waals surface area contributed by atoms with Gasteiger partial charge in [0.1, 0.15) is 0 Å². The van der Waals surface area contributed by atoms with E-state index in [1.807, 2.05) is 0 Å². The summed E-state index contributed by atoms with van der Waals surface area (Å²) >= 11 is 0. The molecule has 0 aliphatic heterocycles. The quantitative estimate of drug-likeness (QED) is 0.303. The van der Waals surface area contributed by atoms with Crippen LogP contribution in [0.2, 0.25) is 0 Å². The average Bonchev–Trinajstić information content (AvgIpc) is 2.29. The van der Waals surface area contributed by atoms with E-state index < -0.39 is 24.0 Å². The van der Waals surface area contributed by atoms with E-state index in [9.17, 15) is 14.7 Å². The van der Waals surface area contributed by atoms with Crippen molar-refractivity contribution in [2.75, 3.05) is 13.2 Å². The summed E-state index contributed by atoms with van der Waals surface area (Å²) in [4.78, 5) is 24.9. The van der Waals surface area contributed by atoms with E-state index in [4.69, 9.17) is 8.27 Å². The summed E-state index contributed by atoms with van der Waals surface area (Å²) < 4.78 is 23.6. The maximum Gasteiger partial charge on any atom is 0.336 e. The Balaban J connectivity index is 5.51. The molecule has 2 atom stereocenters. The molecule has 0 spiro atoms. The molecule has 16 heavy (non-hydrogen) atoms. The monoisotopic (exact) mass is 233 g/mol. The standard InChI is InChI=1S/C8H13N3O5/c1-3-15-7(13)5(10-11-9)6(12)8(14)16-4-2/h5-6,12H,3-4H2,1-2H3/t5-,6+/m0/s1/i5D,6D. The molecule has 0 rings (SSSR count). The van der Waals surface area contributed by atoms with Crippen molar-refractivity contribution >= 4 is 11.9 Å². The van der Waals surface area contributed by atoms with Gasteiger partial charge in [0.25, 0.3) is 0 Å². The summed E-state index contributed by atoms with van der Waals surface area (Å²) in [6.45, 7) is 2.44. The van der Waals surface area contributed by atoms with Crippen LogP contribution in [-0.4, -0.2) is 42.4 Å². The minimum absolute atomic E-state index is 0.181. The molecule has 1 N–H and O–H groups in total. The van der Waals surface area contributed by atoms with Crippen LogP contribution in [-0.2, 0) is 19.1 Å². The fraction of sp³-hybridized carbons (Fsp3) is 0.750. The van der Waals surface area contributed by atoms with Crippen molar-refractivity contribution in [1.29, 1.82) is 0 Å². The van der Waals surface area contributed by atoms with Gasteiger partial charge < -0.3 is 14.6 Å². The van der Waals surface area contributed by atoms with Crippen LogP contribution in [0.1, 0.15) is 16.6 Å². The Morgan fingerprint density at radius 2 is 1.94 bits per heavy atom. The van der Waals surface area contributed by atoms with Gasteiger partial charge in [-0.05, 0) is 19.4 Å². The Labute approximate surface area is 94.6 Å². The number of aliphatic hydroxyl groups is 1. The van der Waals surface area contributed by atoms with Gasteiger partial charge in [-0.2, -0.15) is 0 Å². The van der Waals surface area contributed by atoms with E-state index in [0.717, 1.165) is 0 Å². The number of carbonyl (C=O) groups is 2. The lowest BCUT2D eigenvalue weighted by Crippen LogP contribution is -2.40. The van der Waals surface area contributed by atoms with Crippen LogP contribution in [0.25, 0.3) is 10.4 Å². The predicted octanol–water partition coefficient (Wildman–Crippen LogP) is 0.152. The molecule has 0 bridgehead atoms. The van der Waals surface area contributed by atoms with Gasteiger partial charge in [-0.15, -0.1) is 0 Å². The van der Waals surface area contributed by atoms with Gasteiger partial charge in [0.05, 0.1) is 16.0 Å². The number of azide groups is 1. The van der Waals surface area contributed by atoms with Crippen LogP contribution >= 0.6 is 0 Å². The van der Waals surface area contributed by atoms with E-state index in [2.05, 4.69) is 19.5 Å². The van der Waals surface area contributed by atoms with Gasteiger partial charge in [0.15, 0.2) is 12.1 Å². The van der Waals surface area contributed by atoms with Crippen molar-refractivity contribution in [3.63, 3.8) is 0 Å². The first-order valence-corrected chi connectivity index (χ1v) is 4.41. The zero-order valence-electron chi connectivity index (χ0n) is 10.8. The average molecular weight is 233 g/mol. The SMILES string of the molecule is [2H][C@](O)(C(=O)OCC)[C@]([2H])(N=[N+]=[N-])C(=O)OCC. The number of esters is 2. The number of hydrogen-bond donors (Lipinski definition) is 1. The summed E-state index contributed by atoms with van der Waals surface area (Å²) in [5.74, 6) is -3.10. The zero-order valence-corrected chi connectivity index (χ0v) is 8.84. The number of nitrogens with zero attached hydrogens (tertiary/aromatic N) is 3. The molecular formula is C8H13N3O5. The predicted molar refractivity (Wildman–Crippen MR) is 52.2 cm³/mol. The highest BCUT2D eigenvalue weighted by atomic mass is 16.6. The molecule has 90 valence electrons. The lowest BCUT2D eigenvalue weighted by molar-refractivity contribution is -0.161. The van der Waals surface area contributed by atoms with Crippen LogP contribution in [0, 0.1) is 0 Å². The van der Waals surface area contributed by atoms with Crippen LogP contribution in [0.4, 0.5) is 0 Å². The minimum atomic E-state index is -3.40. The Hall–Kier alpha value is -1.79. The molecule has 0 saturated heterocycles. The van der Waals surface area contributed by atoms with E-state index in [1.54, 1.807) is 0 Å². The van der Waals surface area contributed by atoms with Crippen molar-refractivity contribution in [2.45, 2.75) is 25.9 Å². The number of hydrogen-bond acceptors (Lipinski definition) is 6. The Morgan fingerprint density at radius 1 is 1.44 bits per heavy atom. The van der Waals surface area contributed by atoms with E-state index in [0.29, 0.717) is 0 Å². The highest BCUT2D eigenvalue weighted by Gasteiger charge is 2.33. The Bertz CT molecular complexity index is 383. The molecule has 0 saturated carbocycles. The third-order valence-electron chi connectivity index (χ3n) is 1.31. The van der Waals surface area contributed by atoms with Gasteiger partial charge >= 0.3 is 11.9 Å². The molecule has 0 aliphatic rings. The number of rotatable bonds is 6. The second-order valence-corrected chi connectivity index (χ2v) is 2.33. The normalized spacial score (nSPS) is 18.9. The smallest absolute Gasteiger partial charge is 0.336 e.